The van der Waals surface area contributed by atoms with E-state index >= 15 is 0 Å². The minimum absolute atomic E-state index is 0.0793. The topological polar surface area (TPSA) is 46.2 Å². The lowest BCUT2D eigenvalue weighted by Crippen LogP contribution is -2.43. The monoisotopic (exact) mass is 359 g/mol. The van der Waals surface area contributed by atoms with E-state index in [9.17, 15) is 8.42 Å². The van der Waals surface area contributed by atoms with Crippen LogP contribution in [0.3, 0.4) is 0 Å². The van der Waals surface area contributed by atoms with Crippen LogP contribution in [0, 0.1) is 0 Å². The maximum atomic E-state index is 12.4. The Hall–Kier alpha value is -0.390. The van der Waals surface area contributed by atoms with Crippen LogP contribution in [-0.4, -0.2) is 25.0 Å². The number of alkyl halides is 1. The lowest BCUT2D eigenvalue weighted by molar-refractivity contribution is 0.472. The van der Waals surface area contributed by atoms with Crippen LogP contribution in [0.2, 0.25) is 0 Å². The third-order valence-corrected chi connectivity index (χ3v) is 6.63. The largest absolute Gasteiger partial charge is 0.214 e. The minimum atomic E-state index is -3.19. The van der Waals surface area contributed by atoms with Gasteiger partial charge in [0.05, 0.1) is 5.25 Å². The molecule has 0 spiro atoms. The highest BCUT2D eigenvalue weighted by molar-refractivity contribution is 9.09. The molecule has 1 N–H and O–H groups in total. The molecule has 0 aromatic heterocycles. The van der Waals surface area contributed by atoms with Crippen LogP contribution >= 0.6 is 15.9 Å². The zero-order valence-corrected chi connectivity index (χ0v) is 14.0. The molecule has 1 aromatic carbocycles. The second-order valence-corrected chi connectivity index (χ2v) is 8.10. The van der Waals surface area contributed by atoms with Crippen molar-refractivity contribution in [2.24, 2.45) is 0 Å². The summed E-state index contributed by atoms with van der Waals surface area (Å²) in [5.41, 5.74) is 1.16. The first-order valence-electron chi connectivity index (χ1n) is 7.23. The predicted octanol–water partition coefficient (Wildman–Crippen LogP) is 3.24. The van der Waals surface area contributed by atoms with E-state index in [1.165, 1.54) is 0 Å². The second-order valence-electron chi connectivity index (χ2n) is 5.46. The molecule has 0 aliphatic heterocycles. The van der Waals surface area contributed by atoms with E-state index < -0.39 is 10.0 Å². The van der Waals surface area contributed by atoms with Crippen LogP contribution in [0.5, 0.6) is 0 Å². The van der Waals surface area contributed by atoms with Gasteiger partial charge in [-0.25, -0.2) is 13.1 Å². The van der Waals surface area contributed by atoms with E-state index in [2.05, 4.69) is 20.7 Å². The molecule has 0 bridgehead atoms. The van der Waals surface area contributed by atoms with Gasteiger partial charge in [-0.2, -0.15) is 0 Å². The Morgan fingerprint density at radius 3 is 2.40 bits per heavy atom. The summed E-state index contributed by atoms with van der Waals surface area (Å²) < 4.78 is 27.7. The van der Waals surface area contributed by atoms with Crippen molar-refractivity contribution in [2.45, 2.75) is 49.8 Å². The molecule has 0 amide bonds. The van der Waals surface area contributed by atoms with Crippen LogP contribution in [-0.2, 0) is 16.4 Å². The molecule has 1 atom stereocenters. The van der Waals surface area contributed by atoms with Gasteiger partial charge in [0.15, 0.2) is 0 Å². The Morgan fingerprint density at radius 2 is 1.80 bits per heavy atom. The Bertz CT molecular complexity index is 498. The molecule has 2 rings (SSSR count). The molecule has 5 heteroatoms. The van der Waals surface area contributed by atoms with Gasteiger partial charge in [0.25, 0.3) is 0 Å². The molecule has 0 heterocycles. The summed E-state index contributed by atoms with van der Waals surface area (Å²) in [6.45, 7) is 0. The van der Waals surface area contributed by atoms with Crippen molar-refractivity contribution in [3.8, 4) is 0 Å². The van der Waals surface area contributed by atoms with E-state index in [4.69, 9.17) is 0 Å². The Morgan fingerprint density at radius 1 is 1.15 bits per heavy atom. The first-order chi connectivity index (χ1) is 9.62. The summed E-state index contributed by atoms with van der Waals surface area (Å²) in [6.07, 6.45) is 5.55. The van der Waals surface area contributed by atoms with E-state index in [1.54, 1.807) is 0 Å². The Kier molecular flexibility index (Phi) is 6.05. The molecule has 1 fully saturated rings. The van der Waals surface area contributed by atoms with Gasteiger partial charge < -0.3 is 0 Å². The highest BCUT2D eigenvalue weighted by atomic mass is 79.9. The molecule has 20 heavy (non-hydrogen) atoms. The van der Waals surface area contributed by atoms with Crippen molar-refractivity contribution in [1.82, 2.24) is 4.72 Å². The number of hydrogen-bond acceptors (Lipinski definition) is 2. The number of halogens is 1. The van der Waals surface area contributed by atoms with E-state index in [0.29, 0.717) is 5.33 Å². The quantitative estimate of drug-likeness (QED) is 0.792. The fraction of sp³-hybridized carbons (Fsp3) is 0.600. The van der Waals surface area contributed by atoms with Crippen LogP contribution in [0.25, 0.3) is 0 Å². The number of nitrogens with one attached hydrogen (secondary N) is 1. The second kappa shape index (κ2) is 7.57. The lowest BCUT2D eigenvalue weighted by atomic mass is 10.0. The summed E-state index contributed by atoms with van der Waals surface area (Å²) in [7, 11) is -3.19. The smallest absolute Gasteiger partial charge is 0.212 e. The van der Waals surface area contributed by atoms with Crippen molar-refractivity contribution in [3.63, 3.8) is 0 Å². The van der Waals surface area contributed by atoms with Crippen LogP contribution < -0.4 is 4.72 Å². The first kappa shape index (κ1) is 16.0. The van der Waals surface area contributed by atoms with E-state index in [0.717, 1.165) is 44.1 Å². The van der Waals surface area contributed by atoms with Gasteiger partial charge in [0, 0.05) is 11.4 Å². The van der Waals surface area contributed by atoms with Gasteiger partial charge in [-0.1, -0.05) is 65.5 Å². The predicted molar refractivity (Wildman–Crippen MR) is 86.7 cm³/mol. The molecule has 1 aliphatic carbocycles. The van der Waals surface area contributed by atoms with Crippen molar-refractivity contribution in [3.05, 3.63) is 35.9 Å². The number of rotatable bonds is 6. The third-order valence-electron chi connectivity index (χ3n) is 3.83. The number of hydrogen-bond donors (Lipinski definition) is 1. The SMILES string of the molecule is O=S(=O)(NC(CBr)Cc1ccccc1)C1CCCCC1. The molecule has 1 aliphatic rings. The van der Waals surface area contributed by atoms with Gasteiger partial charge in [0.1, 0.15) is 0 Å². The van der Waals surface area contributed by atoms with Gasteiger partial charge in [0.2, 0.25) is 10.0 Å². The summed E-state index contributed by atoms with van der Waals surface area (Å²) in [5, 5.41) is 0.432. The van der Waals surface area contributed by atoms with Crippen LogP contribution in [0.4, 0.5) is 0 Å². The van der Waals surface area contributed by atoms with E-state index in [-0.39, 0.29) is 11.3 Å². The average molecular weight is 360 g/mol. The van der Waals surface area contributed by atoms with Gasteiger partial charge in [-0.3, -0.25) is 0 Å². The average Bonchev–Trinajstić information content (AvgIpc) is 2.48. The minimum Gasteiger partial charge on any atom is -0.212 e. The van der Waals surface area contributed by atoms with Crippen molar-refractivity contribution in [1.29, 1.82) is 0 Å². The lowest BCUT2D eigenvalue weighted by Gasteiger charge is -2.25. The van der Waals surface area contributed by atoms with Crippen molar-refractivity contribution < 1.29 is 8.42 Å². The fourth-order valence-corrected chi connectivity index (χ4v) is 5.11. The molecule has 0 radical (unpaired) electrons. The van der Waals surface area contributed by atoms with Crippen LogP contribution in [0.15, 0.2) is 30.3 Å². The molecule has 1 aromatic rings. The normalized spacial score (nSPS) is 18.9. The van der Waals surface area contributed by atoms with Crippen LogP contribution in [0.1, 0.15) is 37.7 Å². The zero-order chi connectivity index (χ0) is 14.4. The molecule has 112 valence electrons. The summed E-state index contributed by atoms with van der Waals surface area (Å²) in [4.78, 5) is 0. The maximum absolute atomic E-state index is 12.4. The summed E-state index contributed by atoms with van der Waals surface area (Å²) in [6, 6.07) is 9.92. The molecular weight excluding hydrogens is 338 g/mol. The maximum Gasteiger partial charge on any atom is 0.214 e. The van der Waals surface area contributed by atoms with Gasteiger partial charge in [-0.15, -0.1) is 0 Å². The van der Waals surface area contributed by atoms with Crippen molar-refractivity contribution in [2.75, 3.05) is 5.33 Å². The fourth-order valence-electron chi connectivity index (χ4n) is 2.73. The summed E-state index contributed by atoms with van der Waals surface area (Å²) in [5.74, 6) is 0. The van der Waals surface area contributed by atoms with Crippen molar-refractivity contribution >= 4 is 26.0 Å². The standard InChI is InChI=1S/C15H22BrNO2S/c16-12-14(11-13-7-3-1-4-8-13)17-20(18,19)15-9-5-2-6-10-15/h1,3-4,7-8,14-15,17H,2,5-6,9-12H2. The molecule has 3 nitrogen and oxygen atoms in total. The van der Waals surface area contributed by atoms with Gasteiger partial charge in [-0.05, 0) is 24.8 Å². The zero-order valence-electron chi connectivity index (χ0n) is 11.6. The third kappa shape index (κ3) is 4.57. The molecule has 1 saturated carbocycles. The van der Waals surface area contributed by atoms with E-state index in [1.807, 2.05) is 30.3 Å². The molecule has 0 saturated heterocycles. The number of benzene rings is 1. The van der Waals surface area contributed by atoms with Gasteiger partial charge >= 0.3 is 0 Å². The molecular formula is C15H22BrNO2S. The number of sulfonamides is 1. The molecule has 1 unspecified atom stereocenters. The Balaban J connectivity index is 1.98. The Labute approximate surface area is 130 Å². The first-order valence-corrected chi connectivity index (χ1v) is 9.89. The highest BCUT2D eigenvalue weighted by Crippen LogP contribution is 2.23. The summed E-state index contributed by atoms with van der Waals surface area (Å²) >= 11 is 3.42. The highest BCUT2D eigenvalue weighted by Gasteiger charge is 2.29.